The Morgan fingerprint density at radius 3 is 2.69 bits per heavy atom. The maximum atomic E-state index is 13.3. The number of amides is 1. The number of nitrogens with zero attached hydrogens (tertiary/aromatic N) is 4. The molecular weight excluding hydrogens is 536 g/mol. The highest BCUT2D eigenvalue weighted by atomic mass is 16.5. The van der Waals surface area contributed by atoms with E-state index in [9.17, 15) is 9.59 Å². The summed E-state index contributed by atoms with van der Waals surface area (Å²) in [6, 6.07) is 3.44. The molecule has 1 aromatic carbocycles. The van der Waals surface area contributed by atoms with Crippen LogP contribution in [0.4, 0.5) is 17.6 Å². The first-order valence-electron chi connectivity index (χ1n) is 14.7. The summed E-state index contributed by atoms with van der Waals surface area (Å²) in [7, 11) is 0. The summed E-state index contributed by atoms with van der Waals surface area (Å²) in [5, 5.41) is 17.6. The van der Waals surface area contributed by atoms with Gasteiger partial charge in [-0.05, 0) is 48.4 Å². The molecule has 0 bridgehead atoms. The number of hydrogen-bond acceptors (Lipinski definition) is 10. The highest BCUT2D eigenvalue weighted by molar-refractivity contribution is 6.12. The van der Waals surface area contributed by atoms with Crippen molar-refractivity contribution in [1.82, 2.24) is 24.9 Å². The van der Waals surface area contributed by atoms with Gasteiger partial charge in [0.25, 0.3) is 0 Å². The van der Waals surface area contributed by atoms with Crippen LogP contribution in [0.15, 0.2) is 31.0 Å². The van der Waals surface area contributed by atoms with Crippen molar-refractivity contribution in [2.24, 2.45) is 0 Å². The Labute approximate surface area is 245 Å². The molecule has 12 nitrogen and oxygen atoms in total. The molecule has 0 radical (unpaired) electrons. The molecule has 1 atom stereocenters. The molecular formula is C30H40N8O4. The van der Waals surface area contributed by atoms with Crippen LogP contribution in [0.5, 0.6) is 0 Å². The third-order valence-electron chi connectivity index (χ3n) is 7.71. The van der Waals surface area contributed by atoms with Crippen LogP contribution in [0.2, 0.25) is 0 Å². The average Bonchev–Trinajstić information content (AvgIpc) is 3.45. The number of ketones is 1. The molecule has 0 spiro atoms. The minimum absolute atomic E-state index is 0.215. The Hall–Kier alpha value is -3.87. The second kappa shape index (κ2) is 13.4. The van der Waals surface area contributed by atoms with Gasteiger partial charge in [0, 0.05) is 37.9 Å². The zero-order valence-corrected chi connectivity index (χ0v) is 24.5. The predicted molar refractivity (Wildman–Crippen MR) is 161 cm³/mol. The Morgan fingerprint density at radius 2 is 2.00 bits per heavy atom. The van der Waals surface area contributed by atoms with Gasteiger partial charge in [0.2, 0.25) is 17.8 Å². The smallest absolute Gasteiger partial charge is 0.243 e. The van der Waals surface area contributed by atoms with E-state index in [2.05, 4.69) is 46.8 Å². The van der Waals surface area contributed by atoms with Gasteiger partial charge in [-0.15, -0.1) is 0 Å². The van der Waals surface area contributed by atoms with Crippen molar-refractivity contribution in [2.75, 3.05) is 48.9 Å². The first-order valence-corrected chi connectivity index (χ1v) is 14.7. The lowest BCUT2D eigenvalue weighted by atomic mass is 9.94. The van der Waals surface area contributed by atoms with E-state index in [4.69, 9.17) is 19.4 Å². The lowest BCUT2D eigenvalue weighted by molar-refractivity contribution is -0.120. The second-order valence-corrected chi connectivity index (χ2v) is 10.9. The summed E-state index contributed by atoms with van der Waals surface area (Å²) in [6.07, 6.45) is 5.54. The third-order valence-corrected chi connectivity index (χ3v) is 7.71. The Kier molecular flexibility index (Phi) is 9.45. The molecule has 0 aliphatic carbocycles. The van der Waals surface area contributed by atoms with Crippen LogP contribution in [-0.4, -0.2) is 76.3 Å². The Balaban J connectivity index is 1.49. The van der Waals surface area contributed by atoms with Crippen LogP contribution in [0.1, 0.15) is 66.6 Å². The quantitative estimate of drug-likeness (QED) is 0.198. The molecule has 3 aromatic rings. The van der Waals surface area contributed by atoms with E-state index < -0.39 is 6.04 Å². The number of carbonyl (C=O) groups excluding carboxylic acids is 2. The minimum atomic E-state index is -0.497. The van der Waals surface area contributed by atoms with Crippen LogP contribution in [-0.2, 0) is 27.2 Å². The van der Waals surface area contributed by atoms with Crippen molar-refractivity contribution >= 4 is 34.9 Å². The third kappa shape index (κ3) is 6.45. The number of benzene rings is 1. The van der Waals surface area contributed by atoms with Crippen molar-refractivity contribution in [1.29, 1.82) is 0 Å². The largest absolute Gasteiger partial charge is 0.381 e. The van der Waals surface area contributed by atoms with Crippen LogP contribution in [0.3, 0.4) is 0 Å². The summed E-state index contributed by atoms with van der Waals surface area (Å²) in [5.41, 5.74) is 4.29. The fraction of sp³-hybridized carbons (Fsp3) is 0.500. The van der Waals surface area contributed by atoms with Crippen LogP contribution in [0, 0.1) is 0 Å². The topological polar surface area (TPSA) is 144 Å². The van der Waals surface area contributed by atoms with Crippen molar-refractivity contribution in [2.45, 2.75) is 64.6 Å². The number of fused-ring (bicyclic) bond motifs is 1. The van der Waals surface area contributed by atoms with Crippen molar-refractivity contribution in [3.8, 4) is 0 Å². The molecule has 4 heterocycles. The monoisotopic (exact) mass is 576 g/mol. The number of carbonyl (C=O) groups is 2. The SMILES string of the molecule is C=CC(=O)c1c(NC(=O)C2COCCN2)ccc(CC)c1CNc1nc(NC2CCOCC2)nc2c(C(C)C)cnn12. The molecule has 1 unspecified atom stereocenters. The molecule has 4 N–H and O–H groups in total. The number of hydrogen-bond donors (Lipinski definition) is 4. The molecule has 0 saturated carbocycles. The molecule has 5 rings (SSSR count). The first kappa shape index (κ1) is 29.6. The Morgan fingerprint density at radius 1 is 1.19 bits per heavy atom. The number of aromatic nitrogens is 4. The number of morpholine rings is 1. The van der Waals surface area contributed by atoms with Gasteiger partial charge in [0.15, 0.2) is 11.4 Å². The van der Waals surface area contributed by atoms with Gasteiger partial charge in [0.1, 0.15) is 6.04 Å². The van der Waals surface area contributed by atoms with Gasteiger partial charge in [-0.1, -0.05) is 33.4 Å². The Bertz CT molecular complexity index is 1440. The molecule has 42 heavy (non-hydrogen) atoms. The fourth-order valence-corrected chi connectivity index (χ4v) is 5.34. The number of nitrogens with one attached hydrogen (secondary N) is 4. The van der Waals surface area contributed by atoms with Gasteiger partial charge in [-0.25, -0.2) is 0 Å². The molecule has 2 saturated heterocycles. The molecule has 2 aliphatic rings. The summed E-state index contributed by atoms with van der Waals surface area (Å²) in [4.78, 5) is 35.9. The van der Waals surface area contributed by atoms with Gasteiger partial charge in [-0.3, -0.25) is 9.59 Å². The summed E-state index contributed by atoms with van der Waals surface area (Å²) in [5.74, 6) is 0.698. The summed E-state index contributed by atoms with van der Waals surface area (Å²) in [6.45, 7) is 13.1. The van der Waals surface area contributed by atoms with E-state index in [1.165, 1.54) is 6.08 Å². The normalized spacial score (nSPS) is 17.8. The van der Waals surface area contributed by atoms with Crippen molar-refractivity contribution < 1.29 is 19.1 Å². The van der Waals surface area contributed by atoms with E-state index in [1.807, 2.05) is 19.2 Å². The zero-order valence-electron chi connectivity index (χ0n) is 24.5. The lowest BCUT2D eigenvalue weighted by Gasteiger charge is -2.24. The summed E-state index contributed by atoms with van der Waals surface area (Å²) < 4.78 is 12.7. The molecule has 2 aliphatic heterocycles. The molecule has 12 heteroatoms. The van der Waals surface area contributed by atoms with Crippen LogP contribution >= 0.6 is 0 Å². The lowest BCUT2D eigenvalue weighted by Crippen LogP contribution is -2.49. The van der Waals surface area contributed by atoms with Crippen molar-refractivity contribution in [3.05, 3.63) is 53.2 Å². The maximum Gasteiger partial charge on any atom is 0.243 e. The highest BCUT2D eigenvalue weighted by Gasteiger charge is 2.25. The van der Waals surface area contributed by atoms with Gasteiger partial charge in [0.05, 0.1) is 30.7 Å². The van der Waals surface area contributed by atoms with E-state index in [-0.39, 0.29) is 36.8 Å². The fourth-order valence-electron chi connectivity index (χ4n) is 5.34. The van der Waals surface area contributed by atoms with Gasteiger partial charge >= 0.3 is 0 Å². The highest BCUT2D eigenvalue weighted by Crippen LogP contribution is 2.28. The number of ether oxygens (including phenoxy) is 2. The van der Waals surface area contributed by atoms with Crippen LogP contribution < -0.4 is 21.3 Å². The van der Waals surface area contributed by atoms with E-state index in [0.29, 0.717) is 55.9 Å². The standard InChI is InChI=1S/C30H40N8O4/c1-5-19-7-8-23(35-28(40)24-17-42-14-11-31-24)26(25(39)6-2)22(19)15-32-30-37-29(34-20-9-12-41-13-10-20)36-27-21(18(3)4)16-33-38(27)30/h6-8,16,18,20,24,31H,2,5,9-15,17H2,1,3-4H3,(H,35,40)(H2,32,34,36,37). The number of allylic oxidation sites excluding steroid dienone is 1. The first-order chi connectivity index (χ1) is 20.4. The van der Waals surface area contributed by atoms with Crippen LogP contribution in [0.25, 0.3) is 5.65 Å². The van der Waals surface area contributed by atoms with Gasteiger partial charge < -0.3 is 30.7 Å². The minimum Gasteiger partial charge on any atom is -0.381 e. The second-order valence-electron chi connectivity index (χ2n) is 10.9. The van der Waals surface area contributed by atoms with E-state index in [0.717, 1.165) is 35.2 Å². The number of anilines is 3. The van der Waals surface area contributed by atoms with E-state index >= 15 is 0 Å². The predicted octanol–water partition coefficient (Wildman–Crippen LogP) is 3.31. The average molecular weight is 577 g/mol. The molecule has 2 aromatic heterocycles. The molecule has 1 amide bonds. The molecule has 224 valence electrons. The van der Waals surface area contributed by atoms with E-state index in [1.54, 1.807) is 10.6 Å². The number of rotatable bonds is 11. The zero-order chi connectivity index (χ0) is 29.6. The van der Waals surface area contributed by atoms with Crippen molar-refractivity contribution in [3.63, 3.8) is 0 Å². The summed E-state index contributed by atoms with van der Waals surface area (Å²) >= 11 is 0. The molecule has 2 fully saturated rings. The maximum absolute atomic E-state index is 13.3. The van der Waals surface area contributed by atoms with Gasteiger partial charge in [-0.2, -0.15) is 19.6 Å². The number of aryl methyl sites for hydroxylation is 1.